The monoisotopic (exact) mass is 438 g/mol. The minimum atomic E-state index is -0.759. The molecule has 9 nitrogen and oxygen atoms in total. The minimum absolute atomic E-state index is 0.281. The first-order valence-corrected chi connectivity index (χ1v) is 9.94. The molecule has 0 aliphatic carbocycles. The van der Waals surface area contributed by atoms with Gasteiger partial charge in [-0.05, 0) is 31.2 Å². The summed E-state index contributed by atoms with van der Waals surface area (Å²) in [5.74, 6) is 0.324. The van der Waals surface area contributed by atoms with Gasteiger partial charge in [-0.1, -0.05) is 18.2 Å². The number of rotatable bonds is 9. The Hall–Kier alpha value is -4.01. The molecule has 1 atom stereocenters. The van der Waals surface area contributed by atoms with E-state index in [9.17, 15) is 9.59 Å². The number of ether oxygens (including phenoxy) is 3. The highest BCUT2D eigenvalue weighted by Crippen LogP contribution is 2.38. The highest BCUT2D eigenvalue weighted by Gasteiger charge is 2.20. The molecular formula is C23H26N4O5. The quantitative estimate of drug-likeness (QED) is 0.532. The molecule has 0 saturated carbocycles. The zero-order valence-electron chi connectivity index (χ0n) is 18.4. The van der Waals surface area contributed by atoms with Crippen LogP contribution in [-0.2, 0) is 11.3 Å². The summed E-state index contributed by atoms with van der Waals surface area (Å²) in [6.07, 6.45) is 3.53. The fourth-order valence-corrected chi connectivity index (χ4v) is 3.07. The zero-order chi connectivity index (χ0) is 23.1. The van der Waals surface area contributed by atoms with Crippen LogP contribution in [0.25, 0.3) is 5.69 Å². The average molecular weight is 438 g/mol. The molecule has 0 bridgehead atoms. The molecule has 32 heavy (non-hydrogen) atoms. The molecule has 2 aromatic carbocycles. The number of nitrogens with one attached hydrogen (secondary N) is 2. The van der Waals surface area contributed by atoms with Crippen LogP contribution in [0.15, 0.2) is 54.9 Å². The SMILES string of the molecule is COc1cc(C(=O)NC(C)C(=O)NCc2cnn(-c3ccccc3)c2)cc(OC)c1OC. The molecule has 1 heterocycles. The number of amides is 2. The van der Waals surface area contributed by atoms with Crippen LogP contribution in [0.4, 0.5) is 0 Å². The van der Waals surface area contributed by atoms with Gasteiger partial charge in [0, 0.05) is 23.9 Å². The molecule has 3 rings (SSSR count). The smallest absolute Gasteiger partial charge is 0.252 e. The summed E-state index contributed by atoms with van der Waals surface area (Å²) in [4.78, 5) is 25.2. The van der Waals surface area contributed by atoms with E-state index in [1.165, 1.54) is 33.5 Å². The molecule has 3 aromatic rings. The second-order valence-electron chi connectivity index (χ2n) is 6.96. The Morgan fingerprint density at radius 1 is 1.03 bits per heavy atom. The summed E-state index contributed by atoms with van der Waals surface area (Å²) in [5, 5.41) is 9.79. The Balaban J connectivity index is 1.60. The van der Waals surface area contributed by atoms with Crippen molar-refractivity contribution >= 4 is 11.8 Å². The van der Waals surface area contributed by atoms with Crippen molar-refractivity contribution in [2.75, 3.05) is 21.3 Å². The maximum absolute atomic E-state index is 12.7. The molecule has 0 saturated heterocycles. The van der Waals surface area contributed by atoms with Gasteiger partial charge in [0.2, 0.25) is 11.7 Å². The standard InChI is InChI=1S/C23H26N4O5/c1-15(26-23(29)17-10-19(30-2)21(32-4)20(11-17)31-3)22(28)24-12-16-13-25-27(14-16)18-8-6-5-7-9-18/h5-11,13-15H,12H2,1-4H3,(H,24,28)(H,26,29). The summed E-state index contributed by atoms with van der Waals surface area (Å²) >= 11 is 0. The average Bonchev–Trinajstić information content (AvgIpc) is 3.31. The third-order valence-electron chi connectivity index (χ3n) is 4.79. The van der Waals surface area contributed by atoms with Crippen LogP contribution < -0.4 is 24.8 Å². The predicted octanol–water partition coefficient (Wildman–Crippen LogP) is 2.33. The number of benzene rings is 2. The van der Waals surface area contributed by atoms with Gasteiger partial charge in [-0.25, -0.2) is 4.68 Å². The first-order chi connectivity index (χ1) is 15.5. The van der Waals surface area contributed by atoms with Gasteiger partial charge in [0.15, 0.2) is 11.5 Å². The van der Waals surface area contributed by atoms with Gasteiger partial charge < -0.3 is 24.8 Å². The van der Waals surface area contributed by atoms with Gasteiger partial charge in [-0.3, -0.25) is 9.59 Å². The van der Waals surface area contributed by atoms with E-state index in [2.05, 4.69) is 15.7 Å². The summed E-state index contributed by atoms with van der Waals surface area (Å²) in [6.45, 7) is 1.90. The van der Waals surface area contributed by atoms with E-state index >= 15 is 0 Å². The Bertz CT molecular complexity index is 1060. The lowest BCUT2D eigenvalue weighted by molar-refractivity contribution is -0.122. The number of nitrogens with zero attached hydrogens (tertiary/aromatic N) is 2. The van der Waals surface area contributed by atoms with E-state index in [0.29, 0.717) is 17.2 Å². The van der Waals surface area contributed by atoms with Crippen molar-refractivity contribution in [3.05, 3.63) is 66.0 Å². The number of carbonyl (C=O) groups excluding carboxylic acids is 2. The maximum atomic E-state index is 12.7. The maximum Gasteiger partial charge on any atom is 0.252 e. The molecular weight excluding hydrogens is 412 g/mol. The van der Waals surface area contributed by atoms with Gasteiger partial charge in [-0.2, -0.15) is 5.10 Å². The predicted molar refractivity (Wildman–Crippen MR) is 118 cm³/mol. The third-order valence-corrected chi connectivity index (χ3v) is 4.79. The van der Waals surface area contributed by atoms with Crippen molar-refractivity contribution in [3.8, 4) is 22.9 Å². The molecule has 0 aliphatic rings. The van der Waals surface area contributed by atoms with Crippen LogP contribution in [0.3, 0.4) is 0 Å². The molecule has 9 heteroatoms. The highest BCUT2D eigenvalue weighted by atomic mass is 16.5. The van der Waals surface area contributed by atoms with E-state index < -0.39 is 11.9 Å². The van der Waals surface area contributed by atoms with E-state index in [-0.39, 0.29) is 18.0 Å². The minimum Gasteiger partial charge on any atom is -0.493 e. The number of carbonyl (C=O) groups is 2. The van der Waals surface area contributed by atoms with Gasteiger partial charge in [0.25, 0.3) is 5.91 Å². The molecule has 168 valence electrons. The van der Waals surface area contributed by atoms with E-state index in [4.69, 9.17) is 14.2 Å². The number of methoxy groups -OCH3 is 3. The largest absolute Gasteiger partial charge is 0.493 e. The van der Waals surface area contributed by atoms with Gasteiger partial charge in [0.05, 0.1) is 33.2 Å². The summed E-state index contributed by atoms with van der Waals surface area (Å²) in [7, 11) is 4.42. The second-order valence-corrected chi connectivity index (χ2v) is 6.96. The van der Waals surface area contributed by atoms with Crippen molar-refractivity contribution in [1.82, 2.24) is 20.4 Å². The van der Waals surface area contributed by atoms with E-state index in [1.807, 2.05) is 36.5 Å². The lowest BCUT2D eigenvalue weighted by Gasteiger charge is -2.16. The molecule has 0 radical (unpaired) electrons. The Morgan fingerprint density at radius 2 is 1.69 bits per heavy atom. The number of hydrogen-bond donors (Lipinski definition) is 2. The van der Waals surface area contributed by atoms with Crippen LogP contribution in [0.1, 0.15) is 22.8 Å². The van der Waals surface area contributed by atoms with Gasteiger partial charge in [0.1, 0.15) is 6.04 Å². The third kappa shape index (κ3) is 5.18. The lowest BCUT2D eigenvalue weighted by Crippen LogP contribution is -2.44. The van der Waals surface area contributed by atoms with Crippen molar-refractivity contribution in [1.29, 1.82) is 0 Å². The molecule has 2 amide bonds. The van der Waals surface area contributed by atoms with Crippen molar-refractivity contribution in [2.45, 2.75) is 19.5 Å². The fourth-order valence-electron chi connectivity index (χ4n) is 3.07. The van der Waals surface area contributed by atoms with Crippen molar-refractivity contribution in [2.24, 2.45) is 0 Å². The second kappa shape index (κ2) is 10.3. The zero-order valence-corrected chi connectivity index (χ0v) is 18.4. The van der Waals surface area contributed by atoms with Gasteiger partial charge >= 0.3 is 0 Å². The van der Waals surface area contributed by atoms with Crippen LogP contribution in [0.5, 0.6) is 17.2 Å². The summed E-state index contributed by atoms with van der Waals surface area (Å²) in [5.41, 5.74) is 2.05. The van der Waals surface area contributed by atoms with E-state index in [1.54, 1.807) is 17.8 Å². The Kier molecular flexibility index (Phi) is 7.33. The molecule has 0 aliphatic heterocycles. The van der Waals surface area contributed by atoms with Crippen LogP contribution in [0.2, 0.25) is 0 Å². The Morgan fingerprint density at radius 3 is 2.28 bits per heavy atom. The first kappa shape index (κ1) is 22.7. The van der Waals surface area contributed by atoms with Crippen LogP contribution >= 0.6 is 0 Å². The molecule has 0 fully saturated rings. The topological polar surface area (TPSA) is 104 Å². The Labute approximate surface area is 186 Å². The lowest BCUT2D eigenvalue weighted by atomic mass is 10.1. The first-order valence-electron chi connectivity index (χ1n) is 9.94. The van der Waals surface area contributed by atoms with Crippen molar-refractivity contribution in [3.63, 3.8) is 0 Å². The van der Waals surface area contributed by atoms with Gasteiger partial charge in [-0.15, -0.1) is 0 Å². The summed E-state index contributed by atoms with van der Waals surface area (Å²) in [6, 6.07) is 12.0. The summed E-state index contributed by atoms with van der Waals surface area (Å²) < 4.78 is 17.5. The van der Waals surface area contributed by atoms with Crippen molar-refractivity contribution < 1.29 is 23.8 Å². The van der Waals surface area contributed by atoms with Crippen LogP contribution in [0, 0.1) is 0 Å². The molecule has 2 N–H and O–H groups in total. The van der Waals surface area contributed by atoms with Crippen LogP contribution in [-0.4, -0.2) is 49.0 Å². The normalized spacial score (nSPS) is 11.4. The number of aromatic nitrogens is 2. The number of hydrogen-bond acceptors (Lipinski definition) is 6. The molecule has 1 aromatic heterocycles. The fraction of sp³-hybridized carbons (Fsp3) is 0.261. The molecule has 0 spiro atoms. The van der Waals surface area contributed by atoms with E-state index in [0.717, 1.165) is 11.3 Å². The highest BCUT2D eigenvalue weighted by molar-refractivity contribution is 5.98. The molecule has 1 unspecified atom stereocenters. The number of para-hydroxylation sites is 1.